The maximum atomic E-state index is 9.64. The van der Waals surface area contributed by atoms with Crippen LogP contribution in [0.4, 0.5) is 5.69 Å². The van der Waals surface area contributed by atoms with Gasteiger partial charge in [0.05, 0.1) is 18.8 Å². The lowest BCUT2D eigenvalue weighted by atomic mass is 10.2. The van der Waals surface area contributed by atoms with Crippen LogP contribution >= 0.6 is 0 Å². The molecule has 4 nitrogen and oxygen atoms in total. The molecule has 0 unspecified atom stereocenters. The topological polar surface area (TPSA) is 53.5 Å². The van der Waals surface area contributed by atoms with Gasteiger partial charge in [-0.1, -0.05) is 0 Å². The summed E-state index contributed by atoms with van der Waals surface area (Å²) in [5, 5.41) is 16.1. The van der Waals surface area contributed by atoms with Crippen LogP contribution in [0.2, 0.25) is 0 Å². The van der Waals surface area contributed by atoms with E-state index in [-0.39, 0.29) is 12.1 Å². The molecule has 0 radical (unpaired) electrons. The van der Waals surface area contributed by atoms with E-state index in [1.165, 1.54) is 0 Å². The van der Waals surface area contributed by atoms with Crippen LogP contribution in [0.1, 0.15) is 6.92 Å². The zero-order valence-electron chi connectivity index (χ0n) is 9.44. The fourth-order valence-electron chi connectivity index (χ4n) is 1.84. The van der Waals surface area contributed by atoms with Gasteiger partial charge in [0.15, 0.2) is 0 Å². The second kappa shape index (κ2) is 5.18. The van der Waals surface area contributed by atoms with Crippen molar-refractivity contribution < 1.29 is 9.84 Å². The summed E-state index contributed by atoms with van der Waals surface area (Å²) in [6.07, 6.45) is -0.313. The van der Waals surface area contributed by atoms with E-state index in [0.29, 0.717) is 13.2 Å². The molecule has 1 aliphatic heterocycles. The Hall–Kier alpha value is -1.26. The monoisotopic (exact) mass is 222 g/mol. The van der Waals surface area contributed by atoms with Crippen molar-refractivity contribution in [2.24, 2.45) is 0 Å². The molecule has 0 aromatic heterocycles. The highest BCUT2D eigenvalue weighted by molar-refractivity contribution is 5.47. The van der Waals surface area contributed by atoms with Gasteiger partial charge in [0, 0.05) is 18.8 Å². The highest BCUT2D eigenvalue weighted by atomic mass is 16.5. The first-order valence-electron chi connectivity index (χ1n) is 5.68. The van der Waals surface area contributed by atoms with Crippen molar-refractivity contribution >= 4 is 5.69 Å². The molecule has 0 amide bonds. The van der Waals surface area contributed by atoms with Crippen LogP contribution in [-0.2, 0) is 0 Å². The third-order valence-corrected chi connectivity index (χ3v) is 2.70. The van der Waals surface area contributed by atoms with Gasteiger partial charge in [-0.15, -0.1) is 0 Å². The number of aliphatic hydroxyl groups excluding tert-OH is 1. The van der Waals surface area contributed by atoms with E-state index in [9.17, 15) is 5.11 Å². The summed E-state index contributed by atoms with van der Waals surface area (Å²) < 4.78 is 5.36. The molecule has 0 aliphatic carbocycles. The molecular weight excluding hydrogens is 204 g/mol. The second-order valence-electron chi connectivity index (χ2n) is 3.93. The minimum Gasteiger partial charge on any atom is -0.494 e. The third-order valence-electron chi connectivity index (χ3n) is 2.70. The third kappa shape index (κ3) is 2.65. The maximum absolute atomic E-state index is 9.64. The number of rotatable bonds is 4. The Kier molecular flexibility index (Phi) is 3.64. The molecule has 0 bridgehead atoms. The van der Waals surface area contributed by atoms with Crippen LogP contribution in [0.5, 0.6) is 5.75 Å². The van der Waals surface area contributed by atoms with E-state index in [4.69, 9.17) is 4.74 Å². The fourth-order valence-corrected chi connectivity index (χ4v) is 1.84. The minimum absolute atomic E-state index is 0.0953. The summed E-state index contributed by atoms with van der Waals surface area (Å²) in [5.41, 5.74) is 1.01. The SMILES string of the molecule is CCOc1ccc(N[C@@H]2CNC[C@H]2O)cc1. The molecule has 1 aromatic rings. The average molecular weight is 222 g/mol. The Morgan fingerprint density at radius 3 is 2.69 bits per heavy atom. The highest BCUT2D eigenvalue weighted by Crippen LogP contribution is 2.17. The zero-order chi connectivity index (χ0) is 11.4. The predicted molar refractivity (Wildman–Crippen MR) is 63.9 cm³/mol. The number of hydrogen-bond acceptors (Lipinski definition) is 4. The first-order valence-corrected chi connectivity index (χ1v) is 5.68. The van der Waals surface area contributed by atoms with E-state index < -0.39 is 0 Å². The van der Waals surface area contributed by atoms with E-state index in [2.05, 4.69) is 10.6 Å². The van der Waals surface area contributed by atoms with Gasteiger partial charge in [0.25, 0.3) is 0 Å². The molecule has 1 saturated heterocycles. The lowest BCUT2D eigenvalue weighted by Gasteiger charge is -2.17. The van der Waals surface area contributed by atoms with Gasteiger partial charge in [-0.05, 0) is 31.2 Å². The number of benzene rings is 1. The van der Waals surface area contributed by atoms with E-state index in [1.54, 1.807) is 0 Å². The lowest BCUT2D eigenvalue weighted by molar-refractivity contribution is 0.185. The Morgan fingerprint density at radius 1 is 1.38 bits per heavy atom. The number of nitrogens with one attached hydrogen (secondary N) is 2. The molecule has 88 valence electrons. The Balaban J connectivity index is 1.94. The Morgan fingerprint density at radius 2 is 2.12 bits per heavy atom. The molecule has 2 atom stereocenters. The molecule has 4 heteroatoms. The molecule has 1 heterocycles. The smallest absolute Gasteiger partial charge is 0.119 e. The van der Waals surface area contributed by atoms with Crippen LogP contribution in [0.25, 0.3) is 0 Å². The van der Waals surface area contributed by atoms with Gasteiger partial charge in [-0.2, -0.15) is 0 Å². The number of β-amino-alcohol motifs (C(OH)–C–C–N with tert-alkyl or cyclic N) is 1. The highest BCUT2D eigenvalue weighted by Gasteiger charge is 2.24. The molecule has 3 N–H and O–H groups in total. The summed E-state index contributed by atoms with van der Waals surface area (Å²) in [6, 6.07) is 7.89. The minimum atomic E-state index is -0.313. The maximum Gasteiger partial charge on any atom is 0.119 e. The first kappa shape index (κ1) is 11.2. The van der Waals surface area contributed by atoms with Crippen LogP contribution < -0.4 is 15.4 Å². The summed E-state index contributed by atoms with van der Waals surface area (Å²) in [5.74, 6) is 0.873. The van der Waals surface area contributed by atoms with Crippen LogP contribution in [0, 0.1) is 0 Å². The van der Waals surface area contributed by atoms with Crippen molar-refractivity contribution in [1.82, 2.24) is 5.32 Å². The number of ether oxygens (including phenoxy) is 1. The Labute approximate surface area is 95.6 Å². The van der Waals surface area contributed by atoms with Gasteiger partial charge in [0.1, 0.15) is 5.75 Å². The summed E-state index contributed by atoms with van der Waals surface area (Å²) >= 11 is 0. The van der Waals surface area contributed by atoms with Crippen molar-refractivity contribution in [1.29, 1.82) is 0 Å². The van der Waals surface area contributed by atoms with Crippen molar-refractivity contribution in [3.8, 4) is 5.75 Å². The van der Waals surface area contributed by atoms with Crippen molar-refractivity contribution in [3.05, 3.63) is 24.3 Å². The quantitative estimate of drug-likeness (QED) is 0.706. The summed E-state index contributed by atoms with van der Waals surface area (Å²) in [7, 11) is 0. The van der Waals surface area contributed by atoms with Gasteiger partial charge < -0.3 is 20.5 Å². The Bertz CT molecular complexity index is 326. The van der Waals surface area contributed by atoms with Crippen molar-refractivity contribution in [2.45, 2.75) is 19.1 Å². The van der Waals surface area contributed by atoms with E-state index in [0.717, 1.165) is 18.0 Å². The molecule has 0 saturated carbocycles. The van der Waals surface area contributed by atoms with Crippen molar-refractivity contribution in [3.63, 3.8) is 0 Å². The van der Waals surface area contributed by atoms with E-state index in [1.807, 2.05) is 31.2 Å². The zero-order valence-corrected chi connectivity index (χ0v) is 9.44. The first-order chi connectivity index (χ1) is 7.79. The van der Waals surface area contributed by atoms with Gasteiger partial charge in [0.2, 0.25) is 0 Å². The predicted octanol–water partition coefficient (Wildman–Crippen LogP) is 0.830. The number of hydrogen-bond donors (Lipinski definition) is 3. The fraction of sp³-hybridized carbons (Fsp3) is 0.500. The normalized spacial score (nSPS) is 24.4. The van der Waals surface area contributed by atoms with Crippen LogP contribution in [0.3, 0.4) is 0 Å². The largest absolute Gasteiger partial charge is 0.494 e. The van der Waals surface area contributed by atoms with E-state index >= 15 is 0 Å². The van der Waals surface area contributed by atoms with Gasteiger partial charge >= 0.3 is 0 Å². The standard InChI is InChI=1S/C12H18N2O2/c1-2-16-10-5-3-9(4-6-10)14-11-7-13-8-12(11)15/h3-6,11-15H,2,7-8H2,1H3/t11-,12-/m1/s1. The van der Waals surface area contributed by atoms with Crippen LogP contribution in [-0.4, -0.2) is 36.9 Å². The molecule has 1 aliphatic rings. The number of anilines is 1. The van der Waals surface area contributed by atoms with Gasteiger partial charge in [-0.25, -0.2) is 0 Å². The average Bonchev–Trinajstić information content (AvgIpc) is 2.68. The summed E-state index contributed by atoms with van der Waals surface area (Å²) in [6.45, 7) is 4.10. The second-order valence-corrected chi connectivity index (χ2v) is 3.93. The molecule has 2 rings (SSSR count). The summed E-state index contributed by atoms with van der Waals surface area (Å²) in [4.78, 5) is 0. The molecule has 1 fully saturated rings. The van der Waals surface area contributed by atoms with Crippen LogP contribution in [0.15, 0.2) is 24.3 Å². The molecule has 1 aromatic carbocycles. The lowest BCUT2D eigenvalue weighted by Crippen LogP contribution is -2.31. The number of aliphatic hydroxyl groups is 1. The molecule has 16 heavy (non-hydrogen) atoms. The van der Waals surface area contributed by atoms with Gasteiger partial charge in [-0.3, -0.25) is 0 Å². The van der Waals surface area contributed by atoms with Crippen molar-refractivity contribution in [2.75, 3.05) is 25.0 Å². The molecular formula is C12H18N2O2. The molecule has 0 spiro atoms.